The normalized spacial score (nSPS) is 30.0. The van der Waals surface area contributed by atoms with Crippen LogP contribution in [-0.4, -0.2) is 74.1 Å². The maximum atomic E-state index is 13.4. The molecule has 4 rings (SSSR count). The number of rotatable bonds is 5. The molecule has 0 saturated carbocycles. The number of carbonyl (C=O) groups is 4. The molecule has 3 atom stereocenters. The van der Waals surface area contributed by atoms with Gasteiger partial charge >= 0.3 is 11.9 Å². The Kier molecular flexibility index (Phi) is 5.63. The van der Waals surface area contributed by atoms with Crippen molar-refractivity contribution < 1.29 is 29.0 Å². The monoisotopic (exact) mass is 449 g/mol. The number of β-lactam (4-membered cyclic amide) rings is 1. The van der Waals surface area contributed by atoms with Crippen LogP contribution in [0.5, 0.6) is 0 Å². The van der Waals surface area contributed by atoms with Gasteiger partial charge < -0.3 is 14.7 Å². The number of allylic oxidation sites excluding steroid dienone is 1. The zero-order valence-electron chi connectivity index (χ0n) is 17.8. The summed E-state index contributed by atoms with van der Waals surface area (Å²) in [6.07, 6.45) is 6.10. The number of aliphatic carboxylic acids is 1. The van der Waals surface area contributed by atoms with Crippen molar-refractivity contribution in [2.75, 3.05) is 12.4 Å². The highest BCUT2D eigenvalue weighted by Crippen LogP contribution is 2.45. The number of amides is 2. The predicted octanol–water partition coefficient (Wildman–Crippen LogP) is 1.21. The third-order valence-electron chi connectivity index (χ3n) is 6.23. The Balaban J connectivity index is 1.59. The van der Waals surface area contributed by atoms with Gasteiger partial charge in [-0.1, -0.05) is 6.08 Å². The van der Waals surface area contributed by atoms with Gasteiger partial charge in [0.15, 0.2) is 0 Å². The van der Waals surface area contributed by atoms with E-state index in [1.165, 1.54) is 23.6 Å². The smallest absolute Gasteiger partial charge is 0.352 e. The van der Waals surface area contributed by atoms with Gasteiger partial charge in [0.05, 0.1) is 5.66 Å². The molecule has 2 fully saturated rings. The molecule has 0 aromatic rings. The number of nitrogens with zero attached hydrogens (tertiary/aromatic N) is 2. The minimum absolute atomic E-state index is 0.136. The second-order valence-electron chi connectivity index (χ2n) is 8.76. The first-order valence-electron chi connectivity index (χ1n) is 10.5. The summed E-state index contributed by atoms with van der Waals surface area (Å²) in [6, 6.07) is -1.18. The van der Waals surface area contributed by atoms with Crippen LogP contribution in [0, 0.1) is 0 Å². The van der Waals surface area contributed by atoms with E-state index in [-0.39, 0.29) is 18.2 Å². The van der Waals surface area contributed by atoms with Crippen LogP contribution in [-0.2, 0) is 23.9 Å². The number of hydrogen-bond donors (Lipinski definition) is 2. The molecule has 2 saturated heterocycles. The van der Waals surface area contributed by atoms with Crippen molar-refractivity contribution >= 4 is 35.5 Å². The van der Waals surface area contributed by atoms with Gasteiger partial charge in [-0.3, -0.25) is 24.6 Å². The molecular formula is C21H27N3O6S. The fourth-order valence-electron chi connectivity index (χ4n) is 4.83. The summed E-state index contributed by atoms with van der Waals surface area (Å²) >= 11 is 1.39. The Bertz CT molecular complexity index is 911. The van der Waals surface area contributed by atoms with E-state index in [1.54, 1.807) is 4.90 Å². The van der Waals surface area contributed by atoms with E-state index in [0.717, 1.165) is 31.3 Å². The molecule has 10 heteroatoms. The van der Waals surface area contributed by atoms with Crippen LogP contribution < -0.4 is 5.32 Å². The summed E-state index contributed by atoms with van der Waals surface area (Å²) in [6.45, 7) is 4.82. The Morgan fingerprint density at radius 3 is 2.65 bits per heavy atom. The van der Waals surface area contributed by atoms with Crippen molar-refractivity contribution in [3.8, 4) is 0 Å². The van der Waals surface area contributed by atoms with E-state index in [0.29, 0.717) is 11.3 Å². The summed E-state index contributed by atoms with van der Waals surface area (Å²) in [7, 11) is 0. The third kappa shape index (κ3) is 3.65. The molecule has 4 aliphatic rings. The maximum Gasteiger partial charge on any atom is 0.352 e. The second-order valence-corrected chi connectivity index (χ2v) is 9.87. The minimum atomic E-state index is -1.24. The van der Waals surface area contributed by atoms with Crippen LogP contribution >= 0.6 is 11.8 Å². The lowest BCUT2D eigenvalue weighted by Crippen LogP contribution is -2.73. The van der Waals surface area contributed by atoms with E-state index in [2.05, 4.69) is 11.4 Å². The van der Waals surface area contributed by atoms with Crippen molar-refractivity contribution in [1.29, 1.82) is 0 Å². The molecule has 1 aliphatic carbocycles. The van der Waals surface area contributed by atoms with Crippen LogP contribution in [0.1, 0.15) is 46.5 Å². The number of carboxylic acid groups (broad SMARTS) is 1. The Morgan fingerprint density at radius 2 is 2.03 bits per heavy atom. The fourth-order valence-corrected chi connectivity index (χ4v) is 6.20. The topological polar surface area (TPSA) is 116 Å². The van der Waals surface area contributed by atoms with Crippen LogP contribution in [0.2, 0.25) is 0 Å². The van der Waals surface area contributed by atoms with Gasteiger partial charge in [0.2, 0.25) is 5.91 Å². The van der Waals surface area contributed by atoms with Crippen molar-refractivity contribution in [3.05, 3.63) is 22.9 Å². The molecule has 3 aliphatic heterocycles. The highest BCUT2D eigenvalue weighted by molar-refractivity contribution is 8.00. The molecule has 0 bridgehead atoms. The van der Waals surface area contributed by atoms with Crippen LogP contribution in [0.15, 0.2) is 22.9 Å². The Morgan fingerprint density at radius 1 is 1.29 bits per heavy atom. The van der Waals surface area contributed by atoms with Crippen molar-refractivity contribution in [1.82, 2.24) is 15.1 Å². The van der Waals surface area contributed by atoms with E-state index < -0.39 is 41.0 Å². The number of ether oxygens (including phenoxy) is 1. The minimum Gasteiger partial charge on any atom is -0.477 e. The number of nitrogens with one attached hydrogen (secondary N) is 1. The number of carbonyl (C=O) groups excluding carboxylic acids is 3. The Labute approximate surface area is 184 Å². The third-order valence-corrected chi connectivity index (χ3v) is 7.56. The summed E-state index contributed by atoms with van der Waals surface area (Å²) in [5, 5.41) is 12.6. The fraction of sp³-hybridized carbons (Fsp3) is 0.619. The van der Waals surface area contributed by atoms with Crippen molar-refractivity contribution in [2.45, 2.75) is 69.6 Å². The molecule has 3 heterocycles. The van der Waals surface area contributed by atoms with Gasteiger partial charge in [0, 0.05) is 18.2 Å². The van der Waals surface area contributed by atoms with Gasteiger partial charge in [-0.25, -0.2) is 4.79 Å². The van der Waals surface area contributed by atoms with Crippen LogP contribution in [0.3, 0.4) is 0 Å². The highest BCUT2D eigenvalue weighted by atomic mass is 32.2. The quantitative estimate of drug-likeness (QED) is 0.366. The van der Waals surface area contributed by atoms with Crippen molar-refractivity contribution in [2.24, 2.45) is 0 Å². The summed E-state index contributed by atoms with van der Waals surface area (Å²) in [5.41, 5.74) is 0.570. The SMILES string of the molecule is CC(=O)OCC1=C(C(=O)O)N2C(=O)[C@@H](N3C(=O)C(C4=CCCCC4)NC3(C)C)[C@H]2SC1. The Hall–Kier alpha value is -2.33. The summed E-state index contributed by atoms with van der Waals surface area (Å²) in [5.74, 6) is -2.00. The molecule has 1 unspecified atom stereocenters. The van der Waals surface area contributed by atoms with Crippen LogP contribution in [0.25, 0.3) is 0 Å². The molecule has 168 valence electrons. The van der Waals surface area contributed by atoms with Crippen LogP contribution in [0.4, 0.5) is 0 Å². The molecule has 0 radical (unpaired) electrons. The molecule has 9 nitrogen and oxygen atoms in total. The zero-order valence-corrected chi connectivity index (χ0v) is 18.7. The second kappa shape index (κ2) is 7.98. The number of fused-ring (bicyclic) bond motifs is 1. The lowest BCUT2D eigenvalue weighted by atomic mass is 9.93. The highest BCUT2D eigenvalue weighted by Gasteiger charge is 2.62. The van der Waals surface area contributed by atoms with E-state index in [9.17, 15) is 24.3 Å². The van der Waals surface area contributed by atoms with Gasteiger partial charge in [0.25, 0.3) is 5.91 Å². The predicted molar refractivity (Wildman–Crippen MR) is 113 cm³/mol. The lowest BCUT2D eigenvalue weighted by molar-refractivity contribution is -0.162. The molecule has 2 amide bonds. The molecule has 0 aromatic heterocycles. The van der Waals surface area contributed by atoms with E-state index in [4.69, 9.17) is 4.74 Å². The average Bonchev–Trinajstić information content (AvgIpc) is 2.96. The zero-order chi connectivity index (χ0) is 22.5. The van der Waals surface area contributed by atoms with Crippen molar-refractivity contribution in [3.63, 3.8) is 0 Å². The standard InChI is InChI=1S/C21H27N3O6S/c1-11(25)30-9-13-10-31-19-16(18(27)23(19)15(13)20(28)29)24-17(26)14(22-21(24,2)3)12-7-5-4-6-8-12/h7,14,16,19,22H,4-6,8-10H2,1-3H3,(H,28,29)/t14?,16-,19-/m1/s1. The molecule has 2 N–H and O–H groups in total. The molecule has 0 spiro atoms. The molecular weight excluding hydrogens is 422 g/mol. The average molecular weight is 450 g/mol. The number of esters is 1. The van der Waals surface area contributed by atoms with Gasteiger partial charge in [-0.2, -0.15) is 0 Å². The number of carboxylic acids is 1. The lowest BCUT2D eigenvalue weighted by Gasteiger charge is -2.54. The first-order chi connectivity index (χ1) is 14.6. The number of hydrogen-bond acceptors (Lipinski definition) is 7. The van der Waals surface area contributed by atoms with Gasteiger partial charge in [0.1, 0.15) is 29.8 Å². The summed E-state index contributed by atoms with van der Waals surface area (Å²) < 4.78 is 4.97. The maximum absolute atomic E-state index is 13.4. The van der Waals surface area contributed by atoms with E-state index >= 15 is 0 Å². The summed E-state index contributed by atoms with van der Waals surface area (Å²) in [4.78, 5) is 52.5. The molecule has 31 heavy (non-hydrogen) atoms. The van der Waals surface area contributed by atoms with E-state index in [1.807, 2.05) is 13.8 Å². The molecule has 0 aromatic carbocycles. The van der Waals surface area contributed by atoms with Gasteiger partial charge in [-0.05, 0) is 45.1 Å². The largest absolute Gasteiger partial charge is 0.477 e. The number of thioether (sulfide) groups is 1. The first-order valence-corrected chi connectivity index (χ1v) is 11.5. The van der Waals surface area contributed by atoms with Gasteiger partial charge in [-0.15, -0.1) is 11.8 Å². The first kappa shape index (κ1) is 21.9.